The number of amidine groups is 1. The number of carbonyl (C=O) groups excluding carboxylic acids is 1. The number of nitrogens with one attached hydrogen (secondary N) is 1. The first-order valence-corrected chi connectivity index (χ1v) is 5.58. The van der Waals surface area contributed by atoms with Crippen LogP contribution in [0.2, 0.25) is 0 Å². The molecule has 0 radical (unpaired) electrons. The minimum atomic E-state index is -0.408. The number of nitrogens with zero attached hydrogens (tertiary/aromatic N) is 1. The van der Waals surface area contributed by atoms with Crippen LogP contribution in [0.1, 0.15) is 10.4 Å². The summed E-state index contributed by atoms with van der Waals surface area (Å²) >= 11 is 1.69. The van der Waals surface area contributed by atoms with E-state index in [0.717, 1.165) is 23.2 Å². The van der Waals surface area contributed by atoms with E-state index in [4.69, 9.17) is 5.73 Å². The van der Waals surface area contributed by atoms with Crippen LogP contribution >= 0.6 is 11.8 Å². The molecule has 5 heteroatoms. The zero-order chi connectivity index (χ0) is 10.7. The van der Waals surface area contributed by atoms with Gasteiger partial charge in [0.1, 0.15) is 0 Å². The Hall–Kier alpha value is -1.49. The number of carbonyl (C=O) groups is 1. The summed E-state index contributed by atoms with van der Waals surface area (Å²) in [6, 6.07) is 7.04. The minimum absolute atomic E-state index is 0.408. The average molecular weight is 221 g/mol. The van der Waals surface area contributed by atoms with E-state index in [1.165, 1.54) is 0 Å². The molecule has 0 aromatic heterocycles. The van der Waals surface area contributed by atoms with Gasteiger partial charge in [0, 0.05) is 17.0 Å². The molecule has 1 aromatic carbocycles. The van der Waals surface area contributed by atoms with E-state index < -0.39 is 5.91 Å². The van der Waals surface area contributed by atoms with Crippen molar-refractivity contribution in [2.45, 2.75) is 0 Å². The summed E-state index contributed by atoms with van der Waals surface area (Å²) in [7, 11) is 0. The van der Waals surface area contributed by atoms with Crippen LogP contribution in [0.3, 0.4) is 0 Å². The molecule has 1 heterocycles. The average Bonchev–Trinajstić information content (AvgIpc) is 2.71. The summed E-state index contributed by atoms with van der Waals surface area (Å²) in [6.07, 6.45) is 0. The van der Waals surface area contributed by atoms with Crippen molar-refractivity contribution in [1.82, 2.24) is 0 Å². The van der Waals surface area contributed by atoms with Crippen molar-refractivity contribution in [3.8, 4) is 0 Å². The van der Waals surface area contributed by atoms with Crippen LogP contribution in [0.15, 0.2) is 29.3 Å². The van der Waals surface area contributed by atoms with Crippen LogP contribution in [0.4, 0.5) is 5.69 Å². The molecule has 0 atom stereocenters. The maximum atomic E-state index is 10.8. The Morgan fingerprint density at radius 2 is 2.13 bits per heavy atom. The van der Waals surface area contributed by atoms with Gasteiger partial charge in [-0.05, 0) is 24.3 Å². The number of hydrogen-bond acceptors (Lipinski definition) is 4. The van der Waals surface area contributed by atoms with Gasteiger partial charge in [0.2, 0.25) is 5.91 Å². The normalized spacial score (nSPS) is 14.8. The van der Waals surface area contributed by atoms with Gasteiger partial charge < -0.3 is 11.1 Å². The molecule has 0 aliphatic carbocycles. The summed E-state index contributed by atoms with van der Waals surface area (Å²) in [5.41, 5.74) is 6.58. The Balaban J connectivity index is 2.06. The molecule has 1 amide bonds. The predicted octanol–water partition coefficient (Wildman–Crippen LogP) is 1.30. The van der Waals surface area contributed by atoms with E-state index in [9.17, 15) is 4.79 Å². The summed E-state index contributed by atoms with van der Waals surface area (Å²) in [5.74, 6) is 0.621. The lowest BCUT2D eigenvalue weighted by atomic mass is 10.2. The SMILES string of the molecule is NC(=O)c1ccc(NC2=NCCS2)cc1. The maximum Gasteiger partial charge on any atom is 0.248 e. The lowest BCUT2D eigenvalue weighted by molar-refractivity contribution is 0.100. The first-order chi connectivity index (χ1) is 7.25. The second-order valence-electron chi connectivity index (χ2n) is 3.10. The van der Waals surface area contributed by atoms with Crippen molar-refractivity contribution >= 4 is 28.5 Å². The molecule has 78 valence electrons. The number of anilines is 1. The monoisotopic (exact) mass is 221 g/mol. The first-order valence-electron chi connectivity index (χ1n) is 4.60. The number of nitrogens with two attached hydrogens (primary N) is 1. The van der Waals surface area contributed by atoms with Gasteiger partial charge in [0.25, 0.3) is 0 Å². The number of rotatable bonds is 2. The molecule has 0 fully saturated rings. The lowest BCUT2D eigenvalue weighted by Gasteiger charge is -2.04. The third kappa shape index (κ3) is 2.50. The number of aliphatic imine (C=N–C) groups is 1. The molecule has 3 N–H and O–H groups in total. The van der Waals surface area contributed by atoms with Gasteiger partial charge >= 0.3 is 0 Å². The third-order valence-electron chi connectivity index (χ3n) is 2.01. The van der Waals surface area contributed by atoms with E-state index in [2.05, 4.69) is 10.3 Å². The molecule has 1 aromatic rings. The van der Waals surface area contributed by atoms with Gasteiger partial charge in [-0.15, -0.1) is 0 Å². The summed E-state index contributed by atoms with van der Waals surface area (Å²) < 4.78 is 0. The van der Waals surface area contributed by atoms with Crippen LogP contribution in [0, 0.1) is 0 Å². The van der Waals surface area contributed by atoms with Crippen LogP contribution in [0.5, 0.6) is 0 Å². The van der Waals surface area contributed by atoms with Gasteiger partial charge in [0.15, 0.2) is 5.17 Å². The molecule has 0 unspecified atom stereocenters. The number of thioether (sulfide) groups is 1. The quantitative estimate of drug-likeness (QED) is 0.791. The molecule has 4 nitrogen and oxygen atoms in total. The van der Waals surface area contributed by atoms with Crippen LogP contribution in [0.25, 0.3) is 0 Å². The second kappa shape index (κ2) is 4.35. The van der Waals surface area contributed by atoms with Crippen molar-refractivity contribution in [3.05, 3.63) is 29.8 Å². The molecule has 1 aliphatic heterocycles. The maximum absolute atomic E-state index is 10.8. The molecule has 0 bridgehead atoms. The summed E-state index contributed by atoms with van der Waals surface area (Å²) in [6.45, 7) is 0.867. The minimum Gasteiger partial charge on any atom is -0.366 e. The lowest BCUT2D eigenvalue weighted by Crippen LogP contribution is -2.11. The van der Waals surface area contributed by atoms with Crippen molar-refractivity contribution < 1.29 is 4.79 Å². The molecular weight excluding hydrogens is 210 g/mol. The van der Waals surface area contributed by atoms with Crippen molar-refractivity contribution in [1.29, 1.82) is 0 Å². The molecule has 15 heavy (non-hydrogen) atoms. The Morgan fingerprint density at radius 1 is 1.40 bits per heavy atom. The molecule has 0 spiro atoms. The topological polar surface area (TPSA) is 67.5 Å². The second-order valence-corrected chi connectivity index (χ2v) is 4.19. The fourth-order valence-electron chi connectivity index (χ4n) is 1.25. The summed E-state index contributed by atoms with van der Waals surface area (Å²) in [5, 5.41) is 4.10. The summed E-state index contributed by atoms with van der Waals surface area (Å²) in [4.78, 5) is 15.1. The van der Waals surface area contributed by atoms with Gasteiger partial charge in [-0.1, -0.05) is 11.8 Å². The highest BCUT2D eigenvalue weighted by atomic mass is 32.2. The number of amides is 1. The van der Waals surface area contributed by atoms with E-state index in [1.54, 1.807) is 23.9 Å². The molecule has 2 rings (SSSR count). The number of primary amides is 1. The smallest absolute Gasteiger partial charge is 0.248 e. The van der Waals surface area contributed by atoms with E-state index in [1.807, 2.05) is 12.1 Å². The molecule has 0 saturated carbocycles. The van der Waals surface area contributed by atoms with Gasteiger partial charge in [-0.2, -0.15) is 0 Å². The first kappa shape index (κ1) is 10.0. The van der Waals surface area contributed by atoms with Crippen LogP contribution in [-0.2, 0) is 0 Å². The third-order valence-corrected chi connectivity index (χ3v) is 2.90. The largest absolute Gasteiger partial charge is 0.366 e. The highest BCUT2D eigenvalue weighted by molar-refractivity contribution is 8.14. The van der Waals surface area contributed by atoms with Crippen molar-refractivity contribution in [3.63, 3.8) is 0 Å². The zero-order valence-corrected chi connectivity index (χ0v) is 8.88. The number of hydrogen-bond donors (Lipinski definition) is 2. The highest BCUT2D eigenvalue weighted by Gasteiger charge is 2.07. The zero-order valence-electron chi connectivity index (χ0n) is 8.06. The van der Waals surface area contributed by atoms with Crippen molar-refractivity contribution in [2.24, 2.45) is 10.7 Å². The molecular formula is C10H11N3OS. The fraction of sp³-hybridized carbons (Fsp3) is 0.200. The Bertz CT molecular complexity index is 400. The van der Waals surface area contributed by atoms with E-state index >= 15 is 0 Å². The highest BCUT2D eigenvalue weighted by Crippen LogP contribution is 2.16. The van der Waals surface area contributed by atoms with Crippen molar-refractivity contribution in [2.75, 3.05) is 17.6 Å². The van der Waals surface area contributed by atoms with Gasteiger partial charge in [-0.3, -0.25) is 9.79 Å². The number of benzene rings is 1. The Labute approximate surface area is 92.0 Å². The Morgan fingerprint density at radius 3 is 2.67 bits per heavy atom. The molecule has 1 aliphatic rings. The van der Waals surface area contributed by atoms with Crippen LogP contribution in [-0.4, -0.2) is 23.4 Å². The predicted molar refractivity (Wildman–Crippen MR) is 63.3 cm³/mol. The fourth-order valence-corrected chi connectivity index (χ4v) is 2.00. The standard InChI is InChI=1S/C10H11N3OS/c11-9(14)7-1-3-8(4-2-7)13-10-12-5-6-15-10/h1-4H,5-6H2,(H2,11,14)(H,12,13). The van der Waals surface area contributed by atoms with E-state index in [-0.39, 0.29) is 0 Å². The van der Waals surface area contributed by atoms with Gasteiger partial charge in [0.05, 0.1) is 6.54 Å². The Kier molecular flexibility index (Phi) is 2.91. The van der Waals surface area contributed by atoms with Gasteiger partial charge in [-0.25, -0.2) is 0 Å². The molecule has 0 saturated heterocycles. The van der Waals surface area contributed by atoms with Crippen LogP contribution < -0.4 is 11.1 Å². The van der Waals surface area contributed by atoms with E-state index in [0.29, 0.717) is 5.56 Å².